The van der Waals surface area contributed by atoms with E-state index >= 15 is 0 Å². The Morgan fingerprint density at radius 2 is 1.78 bits per heavy atom. The van der Waals surface area contributed by atoms with E-state index in [1.54, 1.807) is 13.0 Å². The van der Waals surface area contributed by atoms with Crippen molar-refractivity contribution in [1.82, 2.24) is 0 Å². The van der Waals surface area contributed by atoms with Crippen molar-refractivity contribution in [2.45, 2.75) is 26.2 Å². The van der Waals surface area contributed by atoms with E-state index in [0.29, 0.717) is 17.4 Å². The molecule has 2 rings (SSSR count). The SMILES string of the molecule is CCOC(=O)COc1ccc(C(C)(C)c2ccccc2)cc1Cl. The molecule has 0 fully saturated rings. The predicted molar refractivity (Wildman–Crippen MR) is 92.2 cm³/mol. The number of rotatable bonds is 6. The molecule has 23 heavy (non-hydrogen) atoms. The summed E-state index contributed by atoms with van der Waals surface area (Å²) in [6, 6.07) is 15.9. The van der Waals surface area contributed by atoms with Crippen LogP contribution in [0, 0.1) is 0 Å². The first-order chi connectivity index (χ1) is 10.9. The van der Waals surface area contributed by atoms with E-state index in [-0.39, 0.29) is 12.0 Å². The average molecular weight is 333 g/mol. The average Bonchev–Trinajstić information content (AvgIpc) is 2.54. The van der Waals surface area contributed by atoms with E-state index in [2.05, 4.69) is 26.0 Å². The number of benzene rings is 2. The standard InChI is InChI=1S/C19H21ClO3/c1-4-22-18(21)13-23-17-11-10-15(12-16(17)20)19(2,3)14-8-6-5-7-9-14/h5-12H,4,13H2,1-3H3. The lowest BCUT2D eigenvalue weighted by molar-refractivity contribution is -0.145. The molecule has 0 saturated heterocycles. The Labute approximate surface area is 142 Å². The van der Waals surface area contributed by atoms with Crippen LogP contribution in [0.1, 0.15) is 31.9 Å². The second-order valence-corrected chi connectivity index (χ2v) is 6.14. The number of carbonyl (C=O) groups excluding carboxylic acids is 1. The lowest BCUT2D eigenvalue weighted by Crippen LogP contribution is -2.19. The maximum absolute atomic E-state index is 11.3. The zero-order valence-electron chi connectivity index (χ0n) is 13.6. The van der Waals surface area contributed by atoms with Crippen LogP contribution in [0.5, 0.6) is 5.75 Å². The number of halogens is 1. The van der Waals surface area contributed by atoms with Crippen LogP contribution < -0.4 is 4.74 Å². The molecule has 0 aliphatic rings. The van der Waals surface area contributed by atoms with Crippen LogP contribution >= 0.6 is 11.6 Å². The fourth-order valence-electron chi connectivity index (χ4n) is 2.37. The third-order valence-electron chi connectivity index (χ3n) is 3.80. The molecule has 0 atom stereocenters. The van der Waals surface area contributed by atoms with E-state index in [9.17, 15) is 4.79 Å². The van der Waals surface area contributed by atoms with Crippen LogP contribution in [-0.2, 0) is 14.9 Å². The molecule has 0 saturated carbocycles. The maximum Gasteiger partial charge on any atom is 0.344 e. The molecule has 0 amide bonds. The quantitative estimate of drug-likeness (QED) is 0.725. The molecule has 0 unspecified atom stereocenters. The number of ether oxygens (including phenoxy) is 2. The van der Waals surface area contributed by atoms with Gasteiger partial charge in [-0.25, -0.2) is 4.79 Å². The van der Waals surface area contributed by atoms with Crippen molar-refractivity contribution in [3.8, 4) is 5.75 Å². The van der Waals surface area contributed by atoms with E-state index < -0.39 is 5.97 Å². The van der Waals surface area contributed by atoms with Crippen molar-refractivity contribution < 1.29 is 14.3 Å². The lowest BCUT2D eigenvalue weighted by Gasteiger charge is -2.26. The van der Waals surface area contributed by atoms with Gasteiger partial charge in [-0.3, -0.25) is 0 Å². The van der Waals surface area contributed by atoms with Gasteiger partial charge in [0, 0.05) is 5.41 Å². The summed E-state index contributed by atoms with van der Waals surface area (Å²) < 4.78 is 10.3. The Kier molecular flexibility index (Phi) is 5.67. The number of carbonyl (C=O) groups is 1. The van der Waals surface area contributed by atoms with Crippen LogP contribution in [0.4, 0.5) is 0 Å². The molecule has 122 valence electrons. The number of hydrogen-bond donors (Lipinski definition) is 0. The molecule has 0 aliphatic carbocycles. The van der Waals surface area contributed by atoms with Gasteiger partial charge < -0.3 is 9.47 Å². The first-order valence-corrected chi connectivity index (χ1v) is 7.97. The molecule has 0 spiro atoms. The first kappa shape index (κ1) is 17.4. The van der Waals surface area contributed by atoms with E-state index in [1.807, 2.05) is 30.3 Å². The molecule has 0 bridgehead atoms. The summed E-state index contributed by atoms with van der Waals surface area (Å²) in [6.45, 7) is 6.24. The van der Waals surface area contributed by atoms with Crippen molar-refractivity contribution in [1.29, 1.82) is 0 Å². The summed E-state index contributed by atoms with van der Waals surface area (Å²) in [5.74, 6) is 0.0737. The lowest BCUT2D eigenvalue weighted by atomic mass is 9.78. The molecule has 0 heterocycles. The van der Waals surface area contributed by atoms with Crippen LogP contribution in [0.25, 0.3) is 0 Å². The van der Waals surface area contributed by atoms with Crippen molar-refractivity contribution in [2.75, 3.05) is 13.2 Å². The second kappa shape index (κ2) is 7.51. The first-order valence-electron chi connectivity index (χ1n) is 7.59. The molecule has 0 N–H and O–H groups in total. The molecule has 2 aromatic rings. The minimum atomic E-state index is -0.405. The monoisotopic (exact) mass is 332 g/mol. The Balaban J connectivity index is 2.17. The largest absolute Gasteiger partial charge is 0.480 e. The van der Waals surface area contributed by atoms with Gasteiger partial charge in [-0.2, -0.15) is 0 Å². The van der Waals surface area contributed by atoms with Crippen molar-refractivity contribution in [3.63, 3.8) is 0 Å². The van der Waals surface area contributed by atoms with Gasteiger partial charge >= 0.3 is 5.97 Å². The second-order valence-electron chi connectivity index (χ2n) is 5.73. The number of esters is 1. The summed E-state index contributed by atoms with van der Waals surface area (Å²) in [4.78, 5) is 11.3. The molecule has 3 nitrogen and oxygen atoms in total. The highest BCUT2D eigenvalue weighted by molar-refractivity contribution is 6.32. The van der Waals surface area contributed by atoms with Gasteiger partial charge in [0.15, 0.2) is 6.61 Å². The van der Waals surface area contributed by atoms with Gasteiger partial charge in [0.2, 0.25) is 0 Å². The summed E-state index contributed by atoms with van der Waals surface area (Å²) in [7, 11) is 0. The molecule has 0 aliphatic heterocycles. The molecule has 4 heteroatoms. The normalized spacial score (nSPS) is 11.1. The smallest absolute Gasteiger partial charge is 0.344 e. The van der Waals surface area contributed by atoms with E-state index in [1.165, 1.54) is 5.56 Å². The fourth-order valence-corrected chi connectivity index (χ4v) is 2.60. The van der Waals surface area contributed by atoms with Gasteiger partial charge in [-0.1, -0.05) is 61.8 Å². The minimum absolute atomic E-state index is 0.144. The van der Waals surface area contributed by atoms with Crippen LogP contribution in [-0.4, -0.2) is 19.2 Å². The predicted octanol–water partition coefficient (Wildman–Crippen LogP) is 4.61. The summed E-state index contributed by atoms with van der Waals surface area (Å²) in [5.41, 5.74) is 2.11. The highest BCUT2D eigenvalue weighted by Gasteiger charge is 2.23. The zero-order chi connectivity index (χ0) is 16.9. The van der Waals surface area contributed by atoms with Gasteiger partial charge in [0.05, 0.1) is 11.6 Å². The maximum atomic E-state index is 11.3. The fraction of sp³-hybridized carbons (Fsp3) is 0.316. The highest BCUT2D eigenvalue weighted by Crippen LogP contribution is 2.35. The van der Waals surface area contributed by atoms with Crippen LogP contribution in [0.3, 0.4) is 0 Å². The van der Waals surface area contributed by atoms with Crippen molar-refractivity contribution >= 4 is 17.6 Å². The van der Waals surface area contributed by atoms with Gasteiger partial charge in [-0.15, -0.1) is 0 Å². The summed E-state index contributed by atoms with van der Waals surface area (Å²) in [6.07, 6.45) is 0. The zero-order valence-corrected chi connectivity index (χ0v) is 14.4. The Morgan fingerprint density at radius 3 is 2.39 bits per heavy atom. The molecule has 0 aromatic heterocycles. The Hall–Kier alpha value is -2.00. The van der Waals surface area contributed by atoms with Gasteiger partial charge in [0.25, 0.3) is 0 Å². The van der Waals surface area contributed by atoms with Crippen molar-refractivity contribution in [2.24, 2.45) is 0 Å². The van der Waals surface area contributed by atoms with Gasteiger partial charge in [-0.05, 0) is 30.2 Å². The molecular formula is C19H21ClO3. The Bertz CT molecular complexity index is 666. The highest BCUT2D eigenvalue weighted by atomic mass is 35.5. The minimum Gasteiger partial charge on any atom is -0.480 e. The summed E-state index contributed by atoms with van der Waals surface area (Å²) >= 11 is 6.31. The number of hydrogen-bond acceptors (Lipinski definition) is 3. The summed E-state index contributed by atoms with van der Waals surface area (Å²) in [5, 5.41) is 0.482. The third-order valence-corrected chi connectivity index (χ3v) is 4.10. The third kappa shape index (κ3) is 4.26. The van der Waals surface area contributed by atoms with Gasteiger partial charge in [0.1, 0.15) is 5.75 Å². The molecule has 0 radical (unpaired) electrons. The van der Waals surface area contributed by atoms with Crippen LogP contribution in [0.15, 0.2) is 48.5 Å². The molecule has 2 aromatic carbocycles. The van der Waals surface area contributed by atoms with E-state index in [0.717, 1.165) is 5.56 Å². The topological polar surface area (TPSA) is 35.5 Å². The Morgan fingerprint density at radius 1 is 1.09 bits per heavy atom. The van der Waals surface area contributed by atoms with E-state index in [4.69, 9.17) is 21.1 Å². The molecular weight excluding hydrogens is 312 g/mol. The van der Waals surface area contributed by atoms with Crippen molar-refractivity contribution in [3.05, 3.63) is 64.7 Å². The van der Waals surface area contributed by atoms with Crippen LogP contribution in [0.2, 0.25) is 5.02 Å².